The van der Waals surface area contributed by atoms with E-state index in [9.17, 15) is 9.59 Å². The Bertz CT molecular complexity index is 249. The fourth-order valence-corrected chi connectivity index (χ4v) is 2.66. The third kappa shape index (κ3) is 6.74. The minimum atomic E-state index is -0.987. The summed E-state index contributed by atoms with van der Waals surface area (Å²) in [5, 5.41) is 8.90. The molecule has 0 bridgehead atoms. The summed E-state index contributed by atoms with van der Waals surface area (Å²) in [6.45, 7) is 6.35. The van der Waals surface area contributed by atoms with E-state index in [2.05, 4.69) is 20.8 Å². The maximum Gasteiger partial charge on any atom is 0.310 e. The molecule has 0 aliphatic heterocycles. The third-order valence-electron chi connectivity index (χ3n) is 3.93. The Balaban J connectivity index is 4.95. The molecule has 1 N–H and O–H groups in total. The number of unbranched alkanes of at least 4 members (excludes halogenated alkanes) is 3. The summed E-state index contributed by atoms with van der Waals surface area (Å²) in [7, 11) is 0. The van der Waals surface area contributed by atoms with E-state index in [0.717, 1.165) is 57.8 Å². The number of carboxylic acids is 1. The molecule has 19 heavy (non-hydrogen) atoms. The lowest BCUT2D eigenvalue weighted by atomic mass is 9.70. The van der Waals surface area contributed by atoms with Crippen molar-refractivity contribution in [3.63, 3.8) is 0 Å². The molecule has 0 fully saturated rings. The van der Waals surface area contributed by atoms with Crippen LogP contribution in [0.4, 0.5) is 0 Å². The number of carboxylic acid groups (broad SMARTS) is 1. The number of ketones is 1. The summed E-state index contributed by atoms with van der Waals surface area (Å²) in [4.78, 5) is 23.3. The summed E-state index contributed by atoms with van der Waals surface area (Å²) in [6, 6.07) is 0. The van der Waals surface area contributed by atoms with Crippen LogP contribution in [0.5, 0.6) is 0 Å². The molecule has 0 aromatic carbocycles. The summed E-state index contributed by atoms with van der Waals surface area (Å²) < 4.78 is 0. The molecule has 0 heterocycles. The molecule has 0 atom stereocenters. The van der Waals surface area contributed by atoms with E-state index in [1.807, 2.05) is 0 Å². The van der Waals surface area contributed by atoms with Crippen LogP contribution in [0.1, 0.15) is 85.0 Å². The normalized spacial score (nSPS) is 11.5. The first-order valence-electron chi connectivity index (χ1n) is 7.77. The highest BCUT2D eigenvalue weighted by Crippen LogP contribution is 2.38. The Hall–Kier alpha value is -0.860. The molecule has 0 saturated carbocycles. The smallest absolute Gasteiger partial charge is 0.310 e. The second-order valence-electron chi connectivity index (χ2n) is 5.58. The van der Waals surface area contributed by atoms with E-state index in [4.69, 9.17) is 5.11 Å². The number of hydrogen-bond acceptors (Lipinski definition) is 2. The van der Waals surface area contributed by atoms with Gasteiger partial charge in [0.15, 0.2) is 0 Å². The average molecular weight is 270 g/mol. The molecule has 0 saturated heterocycles. The topological polar surface area (TPSA) is 54.4 Å². The molecule has 0 unspecified atom stereocenters. The SMILES string of the molecule is CCCCC(CCCC)(CCCC)C(=O)CC(=O)O. The standard InChI is InChI=1S/C16H30O3/c1-4-7-10-16(11-8-5-2,12-9-6-3)14(17)13-15(18)19/h4-13H2,1-3H3,(H,18,19). The Morgan fingerprint density at radius 3 is 1.47 bits per heavy atom. The average Bonchev–Trinajstić information content (AvgIpc) is 2.37. The highest BCUT2D eigenvalue weighted by molar-refractivity contribution is 5.98. The monoisotopic (exact) mass is 270 g/mol. The minimum absolute atomic E-state index is 0.0460. The summed E-state index contributed by atoms with van der Waals surface area (Å²) in [5.74, 6) is -1.03. The van der Waals surface area contributed by atoms with Crippen LogP contribution in [-0.4, -0.2) is 16.9 Å². The lowest BCUT2D eigenvalue weighted by Gasteiger charge is -2.32. The van der Waals surface area contributed by atoms with E-state index >= 15 is 0 Å². The quantitative estimate of drug-likeness (QED) is 0.528. The minimum Gasteiger partial charge on any atom is -0.481 e. The zero-order valence-electron chi connectivity index (χ0n) is 12.8. The van der Waals surface area contributed by atoms with Gasteiger partial charge in [0.2, 0.25) is 0 Å². The maximum atomic E-state index is 12.4. The maximum absolute atomic E-state index is 12.4. The summed E-state index contributed by atoms with van der Waals surface area (Å²) in [5.41, 5.74) is -0.375. The van der Waals surface area contributed by atoms with Crippen molar-refractivity contribution in [3.8, 4) is 0 Å². The van der Waals surface area contributed by atoms with Crippen LogP contribution < -0.4 is 0 Å². The van der Waals surface area contributed by atoms with Crippen LogP contribution in [0, 0.1) is 5.41 Å². The summed E-state index contributed by atoms with van der Waals surface area (Å²) in [6.07, 6.45) is 8.47. The van der Waals surface area contributed by atoms with Gasteiger partial charge >= 0.3 is 5.97 Å². The van der Waals surface area contributed by atoms with Crippen molar-refractivity contribution in [3.05, 3.63) is 0 Å². The zero-order chi connectivity index (χ0) is 14.7. The van der Waals surface area contributed by atoms with Crippen LogP contribution in [0.2, 0.25) is 0 Å². The zero-order valence-corrected chi connectivity index (χ0v) is 12.8. The largest absolute Gasteiger partial charge is 0.481 e. The van der Waals surface area contributed by atoms with Gasteiger partial charge in [0.1, 0.15) is 12.2 Å². The Morgan fingerprint density at radius 1 is 0.842 bits per heavy atom. The van der Waals surface area contributed by atoms with Gasteiger partial charge in [-0.05, 0) is 19.3 Å². The summed E-state index contributed by atoms with van der Waals surface area (Å²) >= 11 is 0. The first-order chi connectivity index (χ1) is 9.02. The number of carbonyl (C=O) groups excluding carboxylic acids is 1. The van der Waals surface area contributed by atoms with Crippen LogP contribution in [-0.2, 0) is 9.59 Å². The predicted octanol–water partition coefficient (Wildman–Crippen LogP) is 4.59. The molecule has 0 aliphatic carbocycles. The van der Waals surface area contributed by atoms with Crippen molar-refractivity contribution in [1.29, 1.82) is 0 Å². The molecule has 0 aliphatic rings. The molecule has 0 aromatic rings. The number of rotatable bonds is 12. The highest BCUT2D eigenvalue weighted by Gasteiger charge is 2.36. The third-order valence-corrected chi connectivity index (χ3v) is 3.93. The Morgan fingerprint density at radius 2 is 1.21 bits per heavy atom. The molecule has 112 valence electrons. The van der Waals surface area contributed by atoms with Gasteiger partial charge in [-0.2, -0.15) is 0 Å². The van der Waals surface area contributed by atoms with Crippen molar-refractivity contribution < 1.29 is 14.7 Å². The van der Waals surface area contributed by atoms with Crippen LogP contribution >= 0.6 is 0 Å². The van der Waals surface area contributed by atoms with E-state index < -0.39 is 5.97 Å². The number of aliphatic carboxylic acids is 1. The highest BCUT2D eigenvalue weighted by atomic mass is 16.4. The van der Waals surface area contributed by atoms with E-state index in [0.29, 0.717) is 0 Å². The number of hydrogen-bond donors (Lipinski definition) is 1. The molecule has 3 heteroatoms. The molecule has 0 rings (SSSR count). The van der Waals surface area contributed by atoms with E-state index in [-0.39, 0.29) is 17.6 Å². The lowest BCUT2D eigenvalue weighted by Crippen LogP contribution is -2.33. The lowest BCUT2D eigenvalue weighted by molar-refractivity contribution is -0.143. The molecule has 3 nitrogen and oxygen atoms in total. The Kier molecular flexibility index (Phi) is 9.54. The second kappa shape index (κ2) is 9.99. The first kappa shape index (κ1) is 18.1. The van der Waals surface area contributed by atoms with Gasteiger partial charge in [-0.15, -0.1) is 0 Å². The molecular weight excluding hydrogens is 240 g/mol. The van der Waals surface area contributed by atoms with E-state index in [1.54, 1.807) is 0 Å². The van der Waals surface area contributed by atoms with Crippen molar-refractivity contribution in [1.82, 2.24) is 0 Å². The molecule has 0 aromatic heterocycles. The van der Waals surface area contributed by atoms with Crippen LogP contribution in [0.25, 0.3) is 0 Å². The van der Waals surface area contributed by atoms with Crippen molar-refractivity contribution in [2.75, 3.05) is 0 Å². The van der Waals surface area contributed by atoms with Gasteiger partial charge in [-0.3, -0.25) is 9.59 Å². The first-order valence-corrected chi connectivity index (χ1v) is 7.77. The second-order valence-corrected chi connectivity index (χ2v) is 5.58. The van der Waals surface area contributed by atoms with Crippen molar-refractivity contribution >= 4 is 11.8 Å². The molecule has 0 radical (unpaired) electrons. The fraction of sp³-hybridized carbons (Fsp3) is 0.875. The molecule has 0 amide bonds. The fourth-order valence-electron chi connectivity index (χ4n) is 2.66. The van der Waals surface area contributed by atoms with Gasteiger partial charge in [0.25, 0.3) is 0 Å². The number of Topliss-reactive ketones (excluding diaryl/α,β-unsaturated/α-hetero) is 1. The Labute approximate surface area is 117 Å². The molecular formula is C16H30O3. The van der Waals surface area contributed by atoms with Gasteiger partial charge in [0, 0.05) is 5.41 Å². The van der Waals surface area contributed by atoms with Gasteiger partial charge in [-0.1, -0.05) is 59.3 Å². The molecule has 0 spiro atoms. The van der Waals surface area contributed by atoms with Crippen molar-refractivity contribution in [2.24, 2.45) is 5.41 Å². The van der Waals surface area contributed by atoms with Gasteiger partial charge in [-0.25, -0.2) is 0 Å². The van der Waals surface area contributed by atoms with Crippen LogP contribution in [0.15, 0.2) is 0 Å². The number of carbonyl (C=O) groups is 2. The van der Waals surface area contributed by atoms with Gasteiger partial charge < -0.3 is 5.11 Å². The van der Waals surface area contributed by atoms with Gasteiger partial charge in [0.05, 0.1) is 0 Å². The van der Waals surface area contributed by atoms with E-state index in [1.165, 1.54) is 0 Å². The van der Waals surface area contributed by atoms with Crippen LogP contribution in [0.3, 0.4) is 0 Å². The van der Waals surface area contributed by atoms with Crippen molar-refractivity contribution in [2.45, 2.75) is 85.0 Å². The predicted molar refractivity (Wildman–Crippen MR) is 78.3 cm³/mol.